The first kappa shape index (κ1) is 22.3. The number of nitrogens with zero attached hydrogens (tertiary/aromatic N) is 4. The predicted molar refractivity (Wildman–Crippen MR) is 114 cm³/mol. The summed E-state index contributed by atoms with van der Waals surface area (Å²) >= 11 is 1.16. The minimum atomic E-state index is -3.74. The average Bonchev–Trinajstić information content (AvgIpc) is 3.34. The number of aromatic nitrogens is 4. The van der Waals surface area contributed by atoms with Crippen molar-refractivity contribution in [2.24, 2.45) is 0 Å². The fourth-order valence-electron chi connectivity index (χ4n) is 2.88. The smallest absolute Gasteiger partial charge is 0.241 e. The van der Waals surface area contributed by atoms with Crippen molar-refractivity contribution in [1.82, 2.24) is 30.4 Å². The van der Waals surface area contributed by atoms with Gasteiger partial charge in [0.25, 0.3) is 0 Å². The molecule has 1 aromatic carbocycles. The maximum atomic E-state index is 13.1. The van der Waals surface area contributed by atoms with Crippen molar-refractivity contribution in [1.29, 1.82) is 0 Å². The number of nitrogens with one attached hydrogen (secondary N) is 2. The number of thiol groups is 1. The number of rotatable bonds is 8. The van der Waals surface area contributed by atoms with E-state index in [0.717, 1.165) is 27.9 Å². The third kappa shape index (κ3) is 4.97. The zero-order valence-electron chi connectivity index (χ0n) is 16.2. The highest BCUT2D eigenvalue weighted by molar-refractivity contribution is 7.91. The van der Waals surface area contributed by atoms with E-state index in [9.17, 15) is 21.2 Å². The molecule has 0 fully saturated rings. The molecule has 32 heavy (non-hydrogen) atoms. The summed E-state index contributed by atoms with van der Waals surface area (Å²) in [6, 6.07) is 8.18. The van der Waals surface area contributed by atoms with Crippen LogP contribution in [0.2, 0.25) is 0 Å². The highest BCUT2D eigenvalue weighted by Crippen LogP contribution is 2.36. The molecule has 0 saturated carbocycles. The highest BCUT2D eigenvalue weighted by Gasteiger charge is 2.33. The maximum Gasteiger partial charge on any atom is 0.241 e. The first-order chi connectivity index (χ1) is 15.2. The summed E-state index contributed by atoms with van der Waals surface area (Å²) in [7, 11) is -6.61. The number of benzene rings is 1. The normalized spacial score (nSPS) is 13.1. The molecule has 0 radical (unpaired) electrons. The molecule has 4 aromatic rings. The number of sulfone groups is 1. The maximum absolute atomic E-state index is 13.1. The average molecular weight is 499 g/mol. The van der Waals surface area contributed by atoms with Crippen molar-refractivity contribution in [3.05, 3.63) is 59.3 Å². The highest BCUT2D eigenvalue weighted by atomic mass is 32.2. The van der Waals surface area contributed by atoms with Crippen LogP contribution in [0.5, 0.6) is 0 Å². The van der Waals surface area contributed by atoms with Crippen LogP contribution < -0.4 is 10.3 Å². The third-order valence-corrected chi connectivity index (χ3v) is 7.11. The Balaban J connectivity index is 1.67. The van der Waals surface area contributed by atoms with Gasteiger partial charge in [0.1, 0.15) is 5.01 Å². The summed E-state index contributed by atoms with van der Waals surface area (Å²) in [4.78, 5) is 10.1. The Bertz CT molecular complexity index is 1440. The van der Waals surface area contributed by atoms with Crippen molar-refractivity contribution in [2.45, 2.75) is 11.8 Å². The Labute approximate surface area is 186 Å². The Morgan fingerprint density at radius 3 is 2.66 bits per heavy atom. The van der Waals surface area contributed by atoms with Gasteiger partial charge in [-0.1, -0.05) is 6.07 Å². The van der Waals surface area contributed by atoms with Crippen LogP contribution >= 0.6 is 11.3 Å². The topological polar surface area (TPSA) is 157 Å². The van der Waals surface area contributed by atoms with E-state index in [4.69, 9.17) is 4.42 Å². The van der Waals surface area contributed by atoms with E-state index in [2.05, 4.69) is 25.6 Å². The van der Waals surface area contributed by atoms with Crippen molar-refractivity contribution in [3.63, 3.8) is 0 Å². The summed E-state index contributed by atoms with van der Waals surface area (Å²) in [6.45, 7) is -0.137. The van der Waals surface area contributed by atoms with E-state index in [1.54, 1.807) is 24.3 Å². The number of fused-ring (bicyclic) bond motifs is 1. The lowest BCUT2D eigenvalue weighted by molar-refractivity contribution is 0.429. The van der Waals surface area contributed by atoms with Crippen LogP contribution in [0.1, 0.15) is 22.0 Å². The van der Waals surface area contributed by atoms with Gasteiger partial charge in [0, 0.05) is 18.0 Å². The van der Waals surface area contributed by atoms with Gasteiger partial charge >= 0.3 is 0 Å². The van der Waals surface area contributed by atoms with Gasteiger partial charge in [0.2, 0.25) is 28.6 Å². The zero-order valence-corrected chi connectivity index (χ0v) is 18.7. The molecule has 0 spiro atoms. The zero-order chi connectivity index (χ0) is 22.9. The van der Waals surface area contributed by atoms with E-state index in [1.807, 2.05) is 4.83 Å². The number of halogens is 1. The van der Waals surface area contributed by atoms with E-state index in [1.165, 1.54) is 12.3 Å². The molecule has 11 nitrogen and oxygen atoms in total. The van der Waals surface area contributed by atoms with E-state index < -0.39 is 31.9 Å². The second kappa shape index (κ2) is 8.95. The molecule has 2 N–H and O–H groups in total. The van der Waals surface area contributed by atoms with Crippen molar-refractivity contribution >= 4 is 42.3 Å². The molecule has 1 unspecified atom stereocenters. The van der Waals surface area contributed by atoms with Crippen molar-refractivity contribution < 1.29 is 25.6 Å². The van der Waals surface area contributed by atoms with Gasteiger partial charge in [-0.3, -0.25) is 0 Å². The molecule has 3 heterocycles. The quantitative estimate of drug-likeness (QED) is 0.183. The Kier molecular flexibility index (Phi) is 6.25. The predicted octanol–water partition coefficient (Wildman–Crippen LogP) is 1.14. The summed E-state index contributed by atoms with van der Waals surface area (Å²) in [5.74, 6) is -0.781. The molecule has 3 aromatic heterocycles. The first-order valence-corrected chi connectivity index (χ1v) is 12.8. The Morgan fingerprint density at radius 1 is 1.19 bits per heavy atom. The van der Waals surface area contributed by atoms with Crippen LogP contribution in [0.4, 0.5) is 4.39 Å². The fourth-order valence-corrected chi connectivity index (χ4v) is 5.56. The minimum absolute atomic E-state index is 0.00907. The van der Waals surface area contributed by atoms with E-state index >= 15 is 0 Å². The summed E-state index contributed by atoms with van der Waals surface area (Å²) < 4.78 is 65.4. The summed E-state index contributed by atoms with van der Waals surface area (Å²) in [5, 5.41) is 6.50. The van der Waals surface area contributed by atoms with Crippen molar-refractivity contribution in [2.75, 3.05) is 6.26 Å². The van der Waals surface area contributed by atoms with Crippen LogP contribution in [0, 0.1) is 5.95 Å². The summed E-state index contributed by atoms with van der Waals surface area (Å²) in [6.07, 6.45) is 2.43. The molecule has 0 aliphatic heterocycles. The van der Waals surface area contributed by atoms with Gasteiger partial charge in [-0.15, -0.1) is 21.5 Å². The van der Waals surface area contributed by atoms with Gasteiger partial charge in [0.05, 0.1) is 16.8 Å². The molecule has 4 rings (SSSR count). The second-order valence-corrected chi connectivity index (χ2v) is 10.5. The van der Waals surface area contributed by atoms with Gasteiger partial charge in [-0.2, -0.15) is 9.22 Å². The van der Waals surface area contributed by atoms with Crippen LogP contribution in [0.15, 0.2) is 40.9 Å². The lowest BCUT2D eigenvalue weighted by atomic mass is 10.1. The van der Waals surface area contributed by atoms with Crippen LogP contribution in [0.3, 0.4) is 0 Å². The molecule has 168 valence electrons. The van der Waals surface area contributed by atoms with Crippen molar-refractivity contribution in [3.8, 4) is 11.1 Å². The molecule has 0 bridgehead atoms. The largest absolute Gasteiger partial charge is 0.422 e. The first-order valence-electron chi connectivity index (χ1n) is 8.87. The van der Waals surface area contributed by atoms with Gasteiger partial charge < -0.3 is 4.42 Å². The lowest BCUT2D eigenvalue weighted by Gasteiger charge is -2.07. The van der Waals surface area contributed by atoms with E-state index in [0.29, 0.717) is 11.1 Å². The molecule has 1 atom stereocenters. The number of hydrogen-bond donors (Lipinski definition) is 3. The minimum Gasteiger partial charge on any atom is -0.422 e. The molecular formula is C17H15FN6O5S3. The number of hydrogen-bond acceptors (Lipinski definition) is 11. The fraction of sp³-hybridized carbons (Fsp3) is 0.176. The van der Waals surface area contributed by atoms with Crippen LogP contribution in [0.25, 0.3) is 21.3 Å². The molecular weight excluding hydrogens is 483 g/mol. The third-order valence-electron chi connectivity index (χ3n) is 4.23. The van der Waals surface area contributed by atoms with E-state index in [-0.39, 0.29) is 23.3 Å². The summed E-state index contributed by atoms with van der Waals surface area (Å²) in [5.41, 5.74) is 4.32. The number of hydrazine groups is 1. The molecule has 0 amide bonds. The lowest BCUT2D eigenvalue weighted by Crippen LogP contribution is -2.29. The monoisotopic (exact) mass is 498 g/mol. The Hall–Kier alpha value is -2.85. The van der Waals surface area contributed by atoms with Crippen LogP contribution in [-0.4, -0.2) is 43.3 Å². The molecule has 0 aliphatic rings. The van der Waals surface area contributed by atoms with Gasteiger partial charge in [0.15, 0.2) is 15.1 Å². The molecule has 0 aliphatic carbocycles. The number of pyridine rings is 1. The van der Waals surface area contributed by atoms with Gasteiger partial charge in [-0.05, 0) is 29.8 Å². The molecule has 15 heteroatoms. The van der Waals surface area contributed by atoms with Gasteiger partial charge in [-0.25, -0.2) is 32.2 Å². The second-order valence-electron chi connectivity index (χ2n) is 6.57. The SMILES string of the molecule is CS(=O)(=O)C(c1nnc(CNN[SH](=O)=O)o1)c1nc2cc(-c3ccc(F)nc3)ccc2s1. The number of thiazole rings is 1. The Morgan fingerprint density at radius 2 is 1.97 bits per heavy atom. The molecule has 0 saturated heterocycles. The standard InChI is InChI=1S/C17H15FN6O5S3/c1-32(27,28)15(16-23-22-14(29-16)8-20-24-31(25)26)17-21-11-6-9(2-4-12(11)30-17)10-3-5-13(18)19-7-10/h2-7,15,20,31H,8H2,1H3,(H,24,25,26). The van der Waals surface area contributed by atoms with Crippen LogP contribution in [-0.2, 0) is 27.3 Å².